The highest BCUT2D eigenvalue weighted by Crippen LogP contribution is 2.33. The highest BCUT2D eigenvalue weighted by atomic mass is 19.4. The topological polar surface area (TPSA) is 15.6 Å². The number of hydrogen-bond donors (Lipinski definition) is 0. The maximum absolute atomic E-state index is 13.1. The molecule has 0 spiro atoms. The van der Waals surface area contributed by atoms with E-state index in [0.29, 0.717) is 12.0 Å². The normalized spacial score (nSPS) is 12.0. The minimum atomic E-state index is -4.32. The molecule has 0 atom stereocenters. The Morgan fingerprint density at radius 2 is 1.69 bits per heavy atom. The van der Waals surface area contributed by atoms with Crippen LogP contribution in [-0.4, -0.2) is 24.8 Å². The summed E-state index contributed by atoms with van der Waals surface area (Å²) in [6, 6.07) is 8.57. The Balaban J connectivity index is 2.31. The highest BCUT2D eigenvalue weighted by Gasteiger charge is 2.32. The summed E-state index contributed by atoms with van der Waals surface area (Å²) in [6.07, 6.45) is -2.07. The second-order valence-electron chi connectivity index (χ2n) is 6.71. The molecule has 26 heavy (non-hydrogen) atoms. The van der Waals surface area contributed by atoms with E-state index in [0.717, 1.165) is 28.9 Å². The van der Waals surface area contributed by atoms with Crippen molar-refractivity contribution >= 4 is 12.0 Å². The summed E-state index contributed by atoms with van der Waals surface area (Å²) in [5, 5.41) is 0. The number of aryl methyl sites for hydroxylation is 3. The zero-order valence-corrected chi connectivity index (χ0v) is 15.9. The molecule has 2 rings (SSSR count). The highest BCUT2D eigenvalue weighted by molar-refractivity contribution is 5.64. The number of hydrogen-bond acceptors (Lipinski definition) is 1. The lowest BCUT2D eigenvalue weighted by atomic mass is 9.95. The molecule has 5 heteroatoms. The molecule has 0 heterocycles. The summed E-state index contributed by atoms with van der Waals surface area (Å²) in [5.74, 6) is 0. The fraction of sp³-hybridized carbons (Fsp3) is 0.381. The molecule has 0 saturated carbocycles. The molecule has 0 radical (unpaired) electrons. The van der Waals surface area contributed by atoms with Gasteiger partial charge < -0.3 is 4.90 Å². The first-order valence-corrected chi connectivity index (χ1v) is 8.63. The van der Waals surface area contributed by atoms with Crippen molar-refractivity contribution in [2.75, 3.05) is 13.6 Å². The third kappa shape index (κ3) is 4.87. The second kappa shape index (κ2) is 7.94. The van der Waals surface area contributed by atoms with E-state index in [9.17, 15) is 13.2 Å². The Kier molecular flexibility index (Phi) is 6.11. The fourth-order valence-electron chi connectivity index (χ4n) is 2.74. The summed E-state index contributed by atoms with van der Waals surface area (Å²) < 4.78 is 39.4. The van der Waals surface area contributed by atoms with E-state index < -0.39 is 11.7 Å². The van der Waals surface area contributed by atoms with Crippen molar-refractivity contribution < 1.29 is 13.2 Å². The van der Waals surface area contributed by atoms with Crippen molar-refractivity contribution in [3.63, 3.8) is 0 Å². The molecule has 2 aromatic carbocycles. The lowest BCUT2D eigenvalue weighted by Crippen LogP contribution is -2.14. The van der Waals surface area contributed by atoms with Crippen molar-refractivity contribution in [3.8, 4) is 0 Å². The lowest BCUT2D eigenvalue weighted by Gasteiger charge is -2.14. The first-order valence-electron chi connectivity index (χ1n) is 8.63. The molecule has 0 amide bonds. The first kappa shape index (κ1) is 20.0. The van der Waals surface area contributed by atoms with Gasteiger partial charge in [-0.15, -0.1) is 0 Å². The number of aliphatic imine (C=N–C) groups is 1. The van der Waals surface area contributed by atoms with Gasteiger partial charge in [0, 0.05) is 13.6 Å². The lowest BCUT2D eigenvalue weighted by molar-refractivity contribution is -0.138. The van der Waals surface area contributed by atoms with E-state index in [1.807, 2.05) is 44.9 Å². The maximum Gasteiger partial charge on any atom is 0.416 e. The van der Waals surface area contributed by atoms with Crippen LogP contribution in [0, 0.1) is 20.8 Å². The molecule has 2 nitrogen and oxygen atoms in total. The number of halogens is 3. The zero-order chi connectivity index (χ0) is 19.5. The van der Waals surface area contributed by atoms with Crippen LogP contribution in [0.5, 0.6) is 0 Å². The van der Waals surface area contributed by atoms with Gasteiger partial charge in [-0.2, -0.15) is 13.2 Å². The van der Waals surface area contributed by atoms with Gasteiger partial charge in [0.15, 0.2) is 0 Å². The zero-order valence-electron chi connectivity index (χ0n) is 15.9. The van der Waals surface area contributed by atoms with E-state index in [4.69, 9.17) is 0 Å². The Labute approximate surface area is 153 Å². The molecule has 0 aromatic heterocycles. The second-order valence-corrected chi connectivity index (χ2v) is 6.71. The maximum atomic E-state index is 13.1. The van der Waals surface area contributed by atoms with Crippen LogP contribution in [-0.2, 0) is 12.6 Å². The average molecular weight is 362 g/mol. The summed E-state index contributed by atoms with van der Waals surface area (Å²) >= 11 is 0. The molecule has 0 aliphatic carbocycles. The number of nitrogens with zero attached hydrogens (tertiary/aromatic N) is 2. The van der Waals surface area contributed by atoms with E-state index in [-0.39, 0.29) is 5.56 Å². The van der Waals surface area contributed by atoms with E-state index in [2.05, 4.69) is 4.99 Å². The predicted molar refractivity (Wildman–Crippen MR) is 101 cm³/mol. The molecule has 0 saturated heterocycles. The average Bonchev–Trinajstić information content (AvgIpc) is 2.56. The fourth-order valence-corrected chi connectivity index (χ4v) is 2.74. The van der Waals surface area contributed by atoms with Crippen LogP contribution in [0.4, 0.5) is 18.9 Å². The third-order valence-corrected chi connectivity index (χ3v) is 4.55. The summed E-state index contributed by atoms with van der Waals surface area (Å²) in [7, 11) is 1.95. The van der Waals surface area contributed by atoms with Gasteiger partial charge in [-0.3, -0.25) is 0 Å². The van der Waals surface area contributed by atoms with Crippen LogP contribution in [0.1, 0.15) is 40.3 Å². The Hall–Kier alpha value is -2.30. The predicted octanol–water partition coefficient (Wildman–Crippen LogP) is 5.83. The molecule has 0 N–H and O–H groups in total. The van der Waals surface area contributed by atoms with Gasteiger partial charge in [0.2, 0.25) is 0 Å². The SMILES string of the molecule is CCN(C)C=Nc1cc(C)c(Cc2ccc(C)c(C(F)(F)F)c2)cc1C. The number of benzene rings is 2. The third-order valence-electron chi connectivity index (χ3n) is 4.55. The van der Waals surface area contributed by atoms with E-state index in [1.54, 1.807) is 18.5 Å². The van der Waals surface area contributed by atoms with Crippen molar-refractivity contribution in [2.45, 2.75) is 40.3 Å². The molecule has 0 unspecified atom stereocenters. The standard InChI is InChI=1S/C21H25F3N2/c1-6-26(5)13-25-20-10-15(3)18(9-16(20)4)11-17-8-7-14(2)19(12-17)21(22,23)24/h7-10,12-13H,6,11H2,1-5H3. The Bertz CT molecular complexity index is 808. The molecule has 2 aromatic rings. The number of rotatable bonds is 5. The van der Waals surface area contributed by atoms with Crippen molar-refractivity contribution in [3.05, 3.63) is 63.7 Å². The van der Waals surface area contributed by atoms with Gasteiger partial charge in [0.05, 0.1) is 17.6 Å². The molecule has 0 bridgehead atoms. The minimum Gasteiger partial charge on any atom is -0.366 e. The van der Waals surface area contributed by atoms with Gasteiger partial charge in [-0.05, 0) is 74.1 Å². The monoisotopic (exact) mass is 362 g/mol. The number of alkyl halides is 3. The Morgan fingerprint density at radius 1 is 1.00 bits per heavy atom. The molecule has 0 aliphatic heterocycles. The minimum absolute atomic E-state index is 0.249. The molecule has 140 valence electrons. The summed E-state index contributed by atoms with van der Waals surface area (Å²) in [6.45, 7) is 8.34. The van der Waals surface area contributed by atoms with Crippen molar-refractivity contribution in [2.24, 2.45) is 4.99 Å². The Morgan fingerprint density at radius 3 is 2.31 bits per heavy atom. The largest absolute Gasteiger partial charge is 0.416 e. The van der Waals surface area contributed by atoms with Crippen molar-refractivity contribution in [1.29, 1.82) is 0 Å². The van der Waals surface area contributed by atoms with Crippen LogP contribution in [0.25, 0.3) is 0 Å². The van der Waals surface area contributed by atoms with Gasteiger partial charge in [0.25, 0.3) is 0 Å². The quantitative estimate of drug-likeness (QED) is 0.482. The van der Waals surface area contributed by atoms with Crippen LogP contribution < -0.4 is 0 Å². The van der Waals surface area contributed by atoms with Crippen LogP contribution in [0.15, 0.2) is 35.3 Å². The van der Waals surface area contributed by atoms with Gasteiger partial charge in [-0.1, -0.05) is 18.2 Å². The summed E-state index contributed by atoms with van der Waals surface area (Å²) in [5.41, 5.74) is 4.28. The van der Waals surface area contributed by atoms with Crippen molar-refractivity contribution in [1.82, 2.24) is 4.90 Å². The van der Waals surface area contributed by atoms with Crippen LogP contribution in [0.3, 0.4) is 0 Å². The first-order chi connectivity index (χ1) is 12.1. The van der Waals surface area contributed by atoms with Crippen LogP contribution >= 0.6 is 0 Å². The summed E-state index contributed by atoms with van der Waals surface area (Å²) in [4.78, 5) is 6.48. The molecular weight excluding hydrogens is 337 g/mol. The van der Waals surface area contributed by atoms with E-state index >= 15 is 0 Å². The van der Waals surface area contributed by atoms with Gasteiger partial charge >= 0.3 is 6.18 Å². The van der Waals surface area contributed by atoms with Gasteiger partial charge in [-0.25, -0.2) is 4.99 Å². The van der Waals surface area contributed by atoms with E-state index in [1.165, 1.54) is 13.0 Å². The smallest absolute Gasteiger partial charge is 0.366 e. The molecular formula is C21H25F3N2. The van der Waals surface area contributed by atoms with Crippen LogP contribution in [0.2, 0.25) is 0 Å². The molecule has 0 fully saturated rings. The molecule has 0 aliphatic rings. The van der Waals surface area contributed by atoms with Gasteiger partial charge in [0.1, 0.15) is 0 Å².